The topological polar surface area (TPSA) is 95.7 Å². The average molecular weight is 373 g/mol. The van der Waals surface area contributed by atoms with Gasteiger partial charge in [-0.15, -0.1) is 5.10 Å². The van der Waals surface area contributed by atoms with Crippen molar-refractivity contribution in [1.82, 2.24) is 24.5 Å². The van der Waals surface area contributed by atoms with E-state index < -0.39 is 6.09 Å². The van der Waals surface area contributed by atoms with Gasteiger partial charge in [0.05, 0.1) is 11.9 Å². The fraction of sp³-hybridized carbons (Fsp3) is 0.294. The zero-order chi connectivity index (χ0) is 18.1. The Morgan fingerprint density at radius 1 is 1.15 bits per heavy atom. The molecule has 0 aromatic carbocycles. The number of halogens is 1. The second-order valence-corrected chi connectivity index (χ2v) is 6.58. The summed E-state index contributed by atoms with van der Waals surface area (Å²) < 4.78 is 1.76. The lowest BCUT2D eigenvalue weighted by molar-refractivity contribution is 0.133. The first kappa shape index (κ1) is 16.6. The van der Waals surface area contributed by atoms with Crippen molar-refractivity contribution in [2.45, 2.75) is 18.9 Å². The molecule has 0 aliphatic carbocycles. The summed E-state index contributed by atoms with van der Waals surface area (Å²) >= 11 is 5.86. The Morgan fingerprint density at radius 2 is 1.96 bits per heavy atom. The molecule has 8 nitrogen and oxygen atoms in total. The number of hydrogen-bond donors (Lipinski definition) is 2. The predicted molar refractivity (Wildman–Crippen MR) is 97.5 cm³/mol. The van der Waals surface area contributed by atoms with Gasteiger partial charge in [-0.3, -0.25) is 0 Å². The molecular formula is C17H17ClN6O2. The smallest absolute Gasteiger partial charge is 0.407 e. The molecule has 4 rings (SSSR count). The van der Waals surface area contributed by atoms with Gasteiger partial charge >= 0.3 is 6.09 Å². The van der Waals surface area contributed by atoms with E-state index in [0.717, 1.165) is 35.6 Å². The van der Waals surface area contributed by atoms with Gasteiger partial charge in [0.2, 0.25) is 0 Å². The molecule has 3 aromatic rings. The molecule has 0 unspecified atom stereocenters. The Morgan fingerprint density at radius 3 is 2.65 bits per heavy atom. The molecule has 1 aliphatic rings. The van der Waals surface area contributed by atoms with Crippen LogP contribution >= 0.6 is 11.6 Å². The maximum atomic E-state index is 11.0. The van der Waals surface area contributed by atoms with Gasteiger partial charge in [0.25, 0.3) is 0 Å². The standard InChI is InChI=1S/C17H17ClN6O2/c18-14-2-1-11(9-19-14)13-10-20-16-4-3-15(22-24(13)16)21-12-5-7-23(8-6-12)17(25)26/h1-4,9-10,12H,5-8H2,(H,21,22)(H,25,26). The van der Waals surface area contributed by atoms with Gasteiger partial charge in [-0.1, -0.05) is 11.6 Å². The third-order valence-corrected chi connectivity index (χ3v) is 4.73. The van der Waals surface area contributed by atoms with Crippen LogP contribution in [-0.2, 0) is 0 Å². The molecule has 1 fully saturated rings. The molecule has 1 amide bonds. The normalized spacial score (nSPS) is 15.3. The van der Waals surface area contributed by atoms with Crippen LogP contribution in [0.1, 0.15) is 12.8 Å². The number of amides is 1. The van der Waals surface area contributed by atoms with E-state index in [1.807, 2.05) is 18.2 Å². The maximum Gasteiger partial charge on any atom is 0.407 e. The molecule has 0 radical (unpaired) electrons. The van der Waals surface area contributed by atoms with E-state index in [2.05, 4.69) is 20.4 Å². The van der Waals surface area contributed by atoms with Gasteiger partial charge in [-0.25, -0.2) is 19.3 Å². The molecule has 0 bridgehead atoms. The highest BCUT2D eigenvalue weighted by Crippen LogP contribution is 2.22. The maximum absolute atomic E-state index is 11.0. The third kappa shape index (κ3) is 3.28. The number of hydrogen-bond acceptors (Lipinski definition) is 5. The minimum absolute atomic E-state index is 0.194. The SMILES string of the molecule is O=C(O)N1CCC(Nc2ccc3ncc(-c4ccc(Cl)nc4)n3n2)CC1. The van der Waals surface area contributed by atoms with Crippen LogP contribution in [-0.4, -0.2) is 54.8 Å². The van der Waals surface area contributed by atoms with Crippen molar-refractivity contribution in [3.63, 3.8) is 0 Å². The Kier molecular flexibility index (Phi) is 4.34. The second-order valence-electron chi connectivity index (χ2n) is 6.19. The van der Waals surface area contributed by atoms with Crippen LogP contribution in [0.3, 0.4) is 0 Å². The van der Waals surface area contributed by atoms with Gasteiger partial charge in [0.15, 0.2) is 5.65 Å². The van der Waals surface area contributed by atoms with E-state index in [1.54, 1.807) is 23.0 Å². The summed E-state index contributed by atoms with van der Waals surface area (Å²) in [6, 6.07) is 7.58. The van der Waals surface area contributed by atoms with Crippen molar-refractivity contribution in [3.05, 3.63) is 41.8 Å². The van der Waals surface area contributed by atoms with Crippen molar-refractivity contribution >= 4 is 29.2 Å². The third-order valence-electron chi connectivity index (χ3n) is 4.50. The first-order valence-electron chi connectivity index (χ1n) is 8.31. The monoisotopic (exact) mass is 372 g/mol. The number of aromatic nitrogens is 4. The summed E-state index contributed by atoms with van der Waals surface area (Å²) in [5, 5.41) is 17.5. The van der Waals surface area contributed by atoms with Crippen molar-refractivity contribution in [2.24, 2.45) is 0 Å². The number of likely N-dealkylation sites (tertiary alicyclic amines) is 1. The number of carboxylic acid groups (broad SMARTS) is 1. The molecular weight excluding hydrogens is 356 g/mol. The molecule has 4 heterocycles. The molecule has 2 N–H and O–H groups in total. The summed E-state index contributed by atoms with van der Waals surface area (Å²) in [5.41, 5.74) is 2.44. The van der Waals surface area contributed by atoms with E-state index in [0.29, 0.717) is 18.2 Å². The molecule has 9 heteroatoms. The van der Waals surface area contributed by atoms with Gasteiger partial charge in [-0.2, -0.15) is 0 Å². The van der Waals surface area contributed by atoms with Crippen molar-refractivity contribution < 1.29 is 9.90 Å². The van der Waals surface area contributed by atoms with Gasteiger partial charge < -0.3 is 15.3 Å². The number of imidazole rings is 1. The van der Waals surface area contributed by atoms with Crippen LogP contribution in [0.5, 0.6) is 0 Å². The van der Waals surface area contributed by atoms with Gasteiger partial charge in [0.1, 0.15) is 11.0 Å². The summed E-state index contributed by atoms with van der Waals surface area (Å²) in [7, 11) is 0. The highest BCUT2D eigenvalue weighted by Gasteiger charge is 2.22. The minimum atomic E-state index is -0.859. The van der Waals surface area contributed by atoms with E-state index in [4.69, 9.17) is 16.7 Å². The summed E-state index contributed by atoms with van der Waals surface area (Å²) in [6.45, 7) is 1.06. The fourth-order valence-electron chi connectivity index (χ4n) is 3.10. The number of rotatable bonds is 3. The predicted octanol–water partition coefficient (Wildman–Crippen LogP) is 3.00. The van der Waals surface area contributed by atoms with E-state index in [9.17, 15) is 4.79 Å². The molecule has 0 saturated carbocycles. The van der Waals surface area contributed by atoms with Crippen LogP contribution < -0.4 is 5.32 Å². The van der Waals surface area contributed by atoms with Crippen LogP contribution in [0, 0.1) is 0 Å². The number of nitrogens with zero attached hydrogens (tertiary/aromatic N) is 5. The van der Waals surface area contributed by atoms with Gasteiger partial charge in [-0.05, 0) is 37.1 Å². The molecule has 1 saturated heterocycles. The van der Waals surface area contributed by atoms with Crippen LogP contribution in [0.25, 0.3) is 16.9 Å². The number of piperidine rings is 1. The van der Waals surface area contributed by atoms with Crippen LogP contribution in [0.2, 0.25) is 5.15 Å². The van der Waals surface area contributed by atoms with Crippen LogP contribution in [0.4, 0.5) is 10.6 Å². The van der Waals surface area contributed by atoms with Gasteiger partial charge in [0, 0.05) is 30.9 Å². The lowest BCUT2D eigenvalue weighted by atomic mass is 10.1. The van der Waals surface area contributed by atoms with Crippen molar-refractivity contribution in [2.75, 3.05) is 18.4 Å². The Labute approximate surface area is 154 Å². The fourth-order valence-corrected chi connectivity index (χ4v) is 3.21. The zero-order valence-electron chi connectivity index (χ0n) is 13.8. The number of nitrogens with one attached hydrogen (secondary N) is 1. The number of fused-ring (bicyclic) bond motifs is 1. The largest absolute Gasteiger partial charge is 0.465 e. The first-order chi connectivity index (χ1) is 12.6. The highest BCUT2D eigenvalue weighted by molar-refractivity contribution is 6.29. The van der Waals surface area contributed by atoms with Crippen LogP contribution in [0.15, 0.2) is 36.7 Å². The molecule has 0 atom stereocenters. The summed E-state index contributed by atoms with van der Waals surface area (Å²) in [6.07, 6.45) is 4.09. The molecule has 134 valence electrons. The van der Waals surface area contributed by atoms with Crippen molar-refractivity contribution in [1.29, 1.82) is 0 Å². The second kappa shape index (κ2) is 6.80. The average Bonchev–Trinajstić information content (AvgIpc) is 3.06. The first-order valence-corrected chi connectivity index (χ1v) is 8.69. The van der Waals surface area contributed by atoms with E-state index in [-0.39, 0.29) is 6.04 Å². The molecule has 1 aliphatic heterocycles. The number of carbonyl (C=O) groups is 1. The molecule has 0 spiro atoms. The summed E-state index contributed by atoms with van der Waals surface area (Å²) in [5.74, 6) is 0.729. The van der Waals surface area contributed by atoms with E-state index >= 15 is 0 Å². The Bertz CT molecular complexity index is 934. The Hall–Kier alpha value is -2.87. The lowest BCUT2D eigenvalue weighted by Gasteiger charge is -2.30. The minimum Gasteiger partial charge on any atom is -0.465 e. The van der Waals surface area contributed by atoms with E-state index in [1.165, 1.54) is 4.90 Å². The number of anilines is 1. The molecule has 3 aromatic heterocycles. The zero-order valence-corrected chi connectivity index (χ0v) is 14.6. The lowest BCUT2D eigenvalue weighted by Crippen LogP contribution is -2.41. The number of pyridine rings is 1. The van der Waals surface area contributed by atoms with Crippen molar-refractivity contribution in [3.8, 4) is 11.3 Å². The quantitative estimate of drug-likeness (QED) is 0.686. The molecule has 26 heavy (non-hydrogen) atoms. The highest BCUT2D eigenvalue weighted by atomic mass is 35.5. The summed E-state index contributed by atoms with van der Waals surface area (Å²) in [4.78, 5) is 20.9. The Balaban J connectivity index is 1.55.